The molecule has 2 atom stereocenters. The lowest BCUT2D eigenvalue weighted by molar-refractivity contribution is -0.131. The lowest BCUT2D eigenvalue weighted by Crippen LogP contribution is -2.32. The minimum absolute atomic E-state index is 0.146. The largest absolute Gasteiger partial charge is 0.335 e. The van der Waals surface area contributed by atoms with Crippen LogP contribution < -0.4 is 0 Å². The van der Waals surface area contributed by atoms with Crippen molar-refractivity contribution in [2.75, 3.05) is 13.1 Å². The summed E-state index contributed by atoms with van der Waals surface area (Å²) in [6.45, 7) is 8.59. The Morgan fingerprint density at radius 1 is 1.22 bits per heavy atom. The molecule has 0 aromatic heterocycles. The molecular formula is C16H19NO. The summed E-state index contributed by atoms with van der Waals surface area (Å²) < 4.78 is 0. The van der Waals surface area contributed by atoms with Gasteiger partial charge in [0.25, 0.3) is 0 Å². The van der Waals surface area contributed by atoms with Crippen molar-refractivity contribution < 1.29 is 4.79 Å². The van der Waals surface area contributed by atoms with Gasteiger partial charge < -0.3 is 4.90 Å². The molecule has 1 aliphatic carbocycles. The van der Waals surface area contributed by atoms with E-state index < -0.39 is 0 Å². The fraction of sp³-hybridized carbons (Fsp3) is 0.312. The lowest BCUT2D eigenvalue weighted by atomic mass is 10.1. The second kappa shape index (κ2) is 5.67. The molecule has 0 heterocycles. The molecule has 94 valence electrons. The molecular weight excluding hydrogens is 222 g/mol. The summed E-state index contributed by atoms with van der Waals surface area (Å²) in [4.78, 5) is 14.1. The Morgan fingerprint density at radius 3 is 2.39 bits per heavy atom. The van der Waals surface area contributed by atoms with E-state index in [1.54, 1.807) is 12.2 Å². The average molecular weight is 241 g/mol. The van der Waals surface area contributed by atoms with Crippen LogP contribution in [-0.2, 0) is 4.79 Å². The van der Waals surface area contributed by atoms with Crippen molar-refractivity contribution in [2.24, 2.45) is 5.92 Å². The van der Waals surface area contributed by atoms with E-state index in [1.807, 2.05) is 23.1 Å². The minimum Gasteiger partial charge on any atom is -0.335 e. The van der Waals surface area contributed by atoms with Gasteiger partial charge in [-0.2, -0.15) is 0 Å². The third kappa shape index (κ3) is 2.70. The molecule has 1 fully saturated rings. The monoisotopic (exact) mass is 241 g/mol. The van der Waals surface area contributed by atoms with Gasteiger partial charge in [-0.05, 0) is 17.9 Å². The predicted octanol–water partition coefficient (Wildman–Crippen LogP) is 2.99. The second-order valence-corrected chi connectivity index (χ2v) is 4.68. The molecule has 2 rings (SSSR count). The maximum atomic E-state index is 12.3. The zero-order chi connectivity index (χ0) is 13.0. The zero-order valence-electron chi connectivity index (χ0n) is 10.6. The summed E-state index contributed by atoms with van der Waals surface area (Å²) in [6, 6.07) is 10.3. The van der Waals surface area contributed by atoms with E-state index in [0.717, 1.165) is 6.42 Å². The normalized spacial score (nSPS) is 21.1. The first kappa shape index (κ1) is 12.6. The predicted molar refractivity (Wildman–Crippen MR) is 74.3 cm³/mol. The Bertz CT molecular complexity index is 428. The van der Waals surface area contributed by atoms with E-state index in [9.17, 15) is 4.79 Å². The first-order valence-electron chi connectivity index (χ1n) is 6.33. The molecule has 1 aromatic carbocycles. The summed E-state index contributed by atoms with van der Waals surface area (Å²) in [5.41, 5.74) is 1.27. The van der Waals surface area contributed by atoms with E-state index in [2.05, 4.69) is 25.3 Å². The van der Waals surface area contributed by atoms with Gasteiger partial charge in [0.15, 0.2) is 0 Å². The second-order valence-electron chi connectivity index (χ2n) is 4.68. The highest BCUT2D eigenvalue weighted by Gasteiger charge is 2.45. The molecule has 0 spiro atoms. The van der Waals surface area contributed by atoms with Crippen LogP contribution in [0.15, 0.2) is 55.6 Å². The van der Waals surface area contributed by atoms with Crippen LogP contribution >= 0.6 is 0 Å². The van der Waals surface area contributed by atoms with E-state index in [4.69, 9.17) is 0 Å². The fourth-order valence-corrected chi connectivity index (χ4v) is 2.34. The quantitative estimate of drug-likeness (QED) is 0.701. The van der Waals surface area contributed by atoms with Gasteiger partial charge in [0.1, 0.15) is 0 Å². The van der Waals surface area contributed by atoms with Gasteiger partial charge in [-0.25, -0.2) is 0 Å². The summed E-state index contributed by atoms with van der Waals surface area (Å²) in [5, 5.41) is 0. The van der Waals surface area contributed by atoms with E-state index >= 15 is 0 Å². The summed E-state index contributed by atoms with van der Waals surface area (Å²) in [7, 11) is 0. The van der Waals surface area contributed by atoms with Crippen LogP contribution in [0.3, 0.4) is 0 Å². The highest BCUT2D eigenvalue weighted by Crippen LogP contribution is 2.48. The van der Waals surface area contributed by atoms with Crippen molar-refractivity contribution in [1.29, 1.82) is 0 Å². The SMILES string of the molecule is C=CCN(CC=C)C(=O)C1CC1c1ccccc1. The first-order chi connectivity index (χ1) is 8.77. The number of hydrogen-bond donors (Lipinski definition) is 0. The van der Waals surface area contributed by atoms with Crippen LogP contribution in [-0.4, -0.2) is 23.9 Å². The maximum Gasteiger partial charge on any atom is 0.226 e. The maximum absolute atomic E-state index is 12.3. The third-order valence-corrected chi connectivity index (χ3v) is 3.35. The Kier molecular flexibility index (Phi) is 3.98. The number of hydrogen-bond acceptors (Lipinski definition) is 1. The molecule has 2 heteroatoms. The van der Waals surface area contributed by atoms with Crippen molar-refractivity contribution in [1.82, 2.24) is 4.90 Å². The molecule has 1 aliphatic rings. The third-order valence-electron chi connectivity index (χ3n) is 3.35. The van der Waals surface area contributed by atoms with Crippen LogP contribution in [0.1, 0.15) is 17.9 Å². The summed E-state index contributed by atoms with van der Waals surface area (Å²) in [5.74, 6) is 0.770. The zero-order valence-corrected chi connectivity index (χ0v) is 10.6. The first-order valence-corrected chi connectivity index (χ1v) is 6.33. The minimum atomic E-state index is 0.146. The summed E-state index contributed by atoms with van der Waals surface area (Å²) >= 11 is 0. The number of nitrogens with zero attached hydrogens (tertiary/aromatic N) is 1. The number of benzene rings is 1. The number of carbonyl (C=O) groups is 1. The molecule has 0 radical (unpaired) electrons. The van der Waals surface area contributed by atoms with Gasteiger partial charge in [0, 0.05) is 19.0 Å². The van der Waals surface area contributed by atoms with E-state index in [0.29, 0.717) is 19.0 Å². The average Bonchev–Trinajstić information content (AvgIpc) is 3.19. The van der Waals surface area contributed by atoms with Crippen LogP contribution in [0, 0.1) is 5.92 Å². The molecule has 2 unspecified atom stereocenters. The van der Waals surface area contributed by atoms with Crippen molar-refractivity contribution in [3.63, 3.8) is 0 Å². The van der Waals surface area contributed by atoms with Gasteiger partial charge in [-0.15, -0.1) is 13.2 Å². The highest BCUT2D eigenvalue weighted by molar-refractivity contribution is 5.83. The summed E-state index contributed by atoms with van der Waals surface area (Å²) in [6.07, 6.45) is 4.50. The molecule has 1 aromatic rings. The Labute approximate surface area is 109 Å². The van der Waals surface area contributed by atoms with Gasteiger partial charge in [-0.1, -0.05) is 42.5 Å². The number of carbonyl (C=O) groups excluding carboxylic acids is 1. The molecule has 0 N–H and O–H groups in total. The molecule has 2 nitrogen and oxygen atoms in total. The molecule has 0 bridgehead atoms. The van der Waals surface area contributed by atoms with Gasteiger partial charge >= 0.3 is 0 Å². The van der Waals surface area contributed by atoms with E-state index in [1.165, 1.54) is 5.56 Å². The highest BCUT2D eigenvalue weighted by atomic mass is 16.2. The molecule has 0 aliphatic heterocycles. The standard InChI is InChI=1S/C16H19NO/c1-3-10-17(11-4-2)16(18)15-12-14(15)13-8-6-5-7-9-13/h3-9,14-15H,1-2,10-12H2. The van der Waals surface area contributed by atoms with Gasteiger partial charge in [0.05, 0.1) is 0 Å². The fourth-order valence-electron chi connectivity index (χ4n) is 2.34. The lowest BCUT2D eigenvalue weighted by Gasteiger charge is -2.19. The van der Waals surface area contributed by atoms with Crippen molar-refractivity contribution in [3.05, 3.63) is 61.2 Å². The van der Waals surface area contributed by atoms with Gasteiger partial charge in [-0.3, -0.25) is 4.79 Å². The Balaban J connectivity index is 1.99. The topological polar surface area (TPSA) is 20.3 Å². The Morgan fingerprint density at radius 2 is 1.83 bits per heavy atom. The van der Waals surface area contributed by atoms with Crippen LogP contribution in [0.2, 0.25) is 0 Å². The number of amides is 1. The smallest absolute Gasteiger partial charge is 0.226 e. The molecule has 18 heavy (non-hydrogen) atoms. The van der Waals surface area contributed by atoms with Gasteiger partial charge in [0.2, 0.25) is 5.91 Å². The van der Waals surface area contributed by atoms with Crippen LogP contribution in [0.25, 0.3) is 0 Å². The molecule has 1 saturated carbocycles. The van der Waals surface area contributed by atoms with Crippen LogP contribution in [0.5, 0.6) is 0 Å². The van der Waals surface area contributed by atoms with E-state index in [-0.39, 0.29) is 11.8 Å². The molecule has 1 amide bonds. The van der Waals surface area contributed by atoms with Crippen molar-refractivity contribution >= 4 is 5.91 Å². The van der Waals surface area contributed by atoms with Crippen molar-refractivity contribution in [2.45, 2.75) is 12.3 Å². The Hall–Kier alpha value is -1.83. The van der Waals surface area contributed by atoms with Crippen molar-refractivity contribution in [3.8, 4) is 0 Å². The van der Waals surface area contributed by atoms with Crippen LogP contribution in [0.4, 0.5) is 0 Å². The number of rotatable bonds is 6. The molecule has 0 saturated heterocycles.